The molecule has 3 heteroatoms. The zero-order valence-electron chi connectivity index (χ0n) is 21.2. The van der Waals surface area contributed by atoms with Crippen LogP contribution in [0.5, 0.6) is 0 Å². The average molecular weight is 462 g/mol. The van der Waals surface area contributed by atoms with Gasteiger partial charge in [0.15, 0.2) is 0 Å². The molecule has 1 aliphatic heterocycles. The molecule has 1 aliphatic rings. The topological polar surface area (TPSA) is 50.4 Å². The number of hydrogen-bond acceptors (Lipinski definition) is 3. The molecule has 4 aromatic carbocycles. The molecule has 178 valence electrons. The zero-order valence-corrected chi connectivity index (χ0v) is 21.2. The Balaban J connectivity index is 0.000000815. The molecule has 0 fully saturated rings. The highest BCUT2D eigenvalue weighted by molar-refractivity contribution is 6.25. The van der Waals surface area contributed by atoms with Crippen molar-refractivity contribution in [3.05, 3.63) is 120 Å². The van der Waals surface area contributed by atoms with E-state index in [0.717, 1.165) is 55.7 Å². The number of nitrogens with zero attached hydrogens (tertiary/aromatic N) is 1. The van der Waals surface area contributed by atoms with Gasteiger partial charge in [0.25, 0.3) is 0 Å². The fraction of sp³-hybridized carbons (Fsp3) is 0.156. The van der Waals surface area contributed by atoms with Crippen LogP contribution in [0.15, 0.2) is 97.0 Å². The summed E-state index contributed by atoms with van der Waals surface area (Å²) in [5.41, 5.74) is 14.0. The van der Waals surface area contributed by atoms with Crippen LogP contribution in [0.3, 0.4) is 0 Å². The fourth-order valence-corrected chi connectivity index (χ4v) is 4.33. The molecule has 0 saturated carbocycles. The van der Waals surface area contributed by atoms with Crippen molar-refractivity contribution < 1.29 is 0 Å². The Labute approximate surface area is 209 Å². The molecule has 5 rings (SSSR count). The largest absolute Gasteiger partial charge is 0.399 e. The number of nitrogen functional groups attached to an aromatic ring is 1. The Hall–Kier alpha value is -4.11. The first-order chi connectivity index (χ1) is 17.2. The van der Waals surface area contributed by atoms with Crippen LogP contribution < -0.4 is 11.1 Å². The number of hydrogen-bond donors (Lipinski definition) is 2. The molecular formula is C32H35N3. The van der Waals surface area contributed by atoms with E-state index in [-0.39, 0.29) is 6.17 Å². The van der Waals surface area contributed by atoms with E-state index >= 15 is 0 Å². The highest BCUT2D eigenvalue weighted by Gasteiger charge is 2.28. The quantitative estimate of drug-likeness (QED) is 0.299. The lowest BCUT2D eigenvalue weighted by Crippen LogP contribution is -2.22. The van der Waals surface area contributed by atoms with E-state index in [1.165, 1.54) is 0 Å². The molecule has 3 nitrogen and oxygen atoms in total. The fourth-order valence-electron chi connectivity index (χ4n) is 4.33. The smallest absolute Gasteiger partial charge is 0.145 e. The molecule has 0 bridgehead atoms. The lowest BCUT2D eigenvalue weighted by atomic mass is 9.86. The van der Waals surface area contributed by atoms with Gasteiger partial charge in [0.2, 0.25) is 0 Å². The predicted molar refractivity (Wildman–Crippen MR) is 156 cm³/mol. The Morgan fingerprint density at radius 2 is 1.31 bits per heavy atom. The third kappa shape index (κ3) is 4.90. The molecule has 0 radical (unpaired) electrons. The summed E-state index contributed by atoms with van der Waals surface area (Å²) in [5.74, 6) is 0. The molecule has 1 atom stereocenters. The van der Waals surface area contributed by atoms with E-state index in [0.29, 0.717) is 0 Å². The molecule has 0 aromatic heterocycles. The third-order valence-electron chi connectivity index (χ3n) is 5.78. The molecule has 0 saturated heterocycles. The van der Waals surface area contributed by atoms with Crippen LogP contribution in [-0.4, -0.2) is 5.71 Å². The third-order valence-corrected chi connectivity index (χ3v) is 5.78. The minimum absolute atomic E-state index is 0.235. The Bertz CT molecular complexity index is 1330. The number of aliphatic imine (C=N–C) groups is 1. The first-order valence-electron chi connectivity index (χ1n) is 12.3. The van der Waals surface area contributed by atoms with Crippen LogP contribution in [0.1, 0.15) is 61.7 Å². The molecule has 1 heterocycles. The minimum atomic E-state index is -0.235. The Morgan fingerprint density at radius 3 is 1.91 bits per heavy atom. The van der Waals surface area contributed by atoms with E-state index in [4.69, 9.17) is 10.7 Å². The molecule has 3 N–H and O–H groups in total. The predicted octanol–water partition coefficient (Wildman–Crippen LogP) is 8.72. The Morgan fingerprint density at radius 1 is 0.743 bits per heavy atom. The van der Waals surface area contributed by atoms with E-state index < -0.39 is 0 Å². The molecule has 35 heavy (non-hydrogen) atoms. The van der Waals surface area contributed by atoms with Crippen molar-refractivity contribution in [3.63, 3.8) is 0 Å². The summed E-state index contributed by atoms with van der Waals surface area (Å²) in [6.45, 7) is 16.2. The van der Waals surface area contributed by atoms with Gasteiger partial charge in [-0.1, -0.05) is 120 Å². The molecule has 0 spiro atoms. The van der Waals surface area contributed by atoms with Gasteiger partial charge >= 0.3 is 0 Å². The molecule has 0 aliphatic carbocycles. The minimum Gasteiger partial charge on any atom is -0.399 e. The van der Waals surface area contributed by atoms with Crippen molar-refractivity contribution in [1.82, 2.24) is 0 Å². The lowest BCUT2D eigenvalue weighted by Gasteiger charge is -2.30. The van der Waals surface area contributed by atoms with Crippen molar-refractivity contribution in [2.24, 2.45) is 4.99 Å². The molecule has 0 amide bonds. The van der Waals surface area contributed by atoms with Gasteiger partial charge < -0.3 is 11.1 Å². The second-order valence-corrected chi connectivity index (χ2v) is 7.59. The number of benzene rings is 4. The maximum Gasteiger partial charge on any atom is 0.145 e. The van der Waals surface area contributed by atoms with Crippen LogP contribution >= 0.6 is 0 Å². The summed E-state index contributed by atoms with van der Waals surface area (Å²) in [6.07, 6.45) is 3.58. The number of nitrogens with one attached hydrogen (secondary N) is 1. The second kappa shape index (κ2) is 11.8. The highest BCUT2D eigenvalue weighted by Crippen LogP contribution is 2.42. The number of nitrogens with two attached hydrogens (primary N) is 1. The first-order valence-corrected chi connectivity index (χ1v) is 12.3. The van der Waals surface area contributed by atoms with Crippen molar-refractivity contribution in [1.29, 1.82) is 0 Å². The summed E-state index contributed by atoms with van der Waals surface area (Å²) in [6, 6.07) is 26.6. The number of fused-ring (bicyclic) bond motifs is 3. The van der Waals surface area contributed by atoms with E-state index in [1.807, 2.05) is 82.3 Å². The van der Waals surface area contributed by atoms with Gasteiger partial charge in [-0.2, -0.15) is 0 Å². The summed E-state index contributed by atoms with van der Waals surface area (Å²) in [5, 5.41) is 5.96. The van der Waals surface area contributed by atoms with Gasteiger partial charge in [-0.05, 0) is 34.0 Å². The van der Waals surface area contributed by atoms with Gasteiger partial charge in [-0.3, -0.25) is 4.99 Å². The van der Waals surface area contributed by atoms with Crippen LogP contribution in [-0.2, 0) is 0 Å². The standard InChI is InChI=1S/C28H23N3.2C2H6/c1-3-21-22(4-2)27-25(24-13-9-8-12-23(21)24)26(18-10-6-5-7-11-18)30-28(31-27)19-14-16-20(29)17-15-19;2*1-2/h3-17,28,31H,1-2,29H2;2*1-2H3. The van der Waals surface area contributed by atoms with Crippen LogP contribution in [0.2, 0.25) is 0 Å². The zero-order chi connectivity index (χ0) is 25.4. The molecule has 1 unspecified atom stereocenters. The van der Waals surface area contributed by atoms with Gasteiger partial charge in [0.1, 0.15) is 6.17 Å². The van der Waals surface area contributed by atoms with E-state index in [2.05, 4.69) is 54.9 Å². The molecule has 4 aromatic rings. The maximum absolute atomic E-state index is 5.92. The summed E-state index contributed by atoms with van der Waals surface area (Å²) in [7, 11) is 0. The van der Waals surface area contributed by atoms with Crippen molar-refractivity contribution in [2.45, 2.75) is 33.9 Å². The SMILES string of the molecule is C=Cc1c2c(c3ccccc3c1C=C)C(c1ccccc1)=NC(c1ccc(N)cc1)N2.CC.CC. The van der Waals surface area contributed by atoms with Crippen LogP contribution in [0.25, 0.3) is 22.9 Å². The van der Waals surface area contributed by atoms with E-state index in [9.17, 15) is 0 Å². The van der Waals surface area contributed by atoms with E-state index in [1.54, 1.807) is 0 Å². The monoisotopic (exact) mass is 461 g/mol. The summed E-state index contributed by atoms with van der Waals surface area (Å²) >= 11 is 0. The van der Waals surface area contributed by atoms with Gasteiger partial charge in [0.05, 0.1) is 11.4 Å². The molecular weight excluding hydrogens is 426 g/mol. The first kappa shape index (κ1) is 25.5. The number of anilines is 2. The van der Waals surface area contributed by atoms with Gasteiger partial charge in [-0.25, -0.2) is 0 Å². The van der Waals surface area contributed by atoms with Crippen molar-refractivity contribution >= 4 is 40.0 Å². The second-order valence-electron chi connectivity index (χ2n) is 7.59. The summed E-state index contributed by atoms with van der Waals surface area (Å²) < 4.78 is 0. The van der Waals surface area contributed by atoms with Gasteiger partial charge in [-0.15, -0.1) is 0 Å². The maximum atomic E-state index is 5.92. The summed E-state index contributed by atoms with van der Waals surface area (Å²) in [4.78, 5) is 5.18. The average Bonchev–Trinajstić information content (AvgIpc) is 2.94. The van der Waals surface area contributed by atoms with Crippen LogP contribution in [0.4, 0.5) is 11.4 Å². The van der Waals surface area contributed by atoms with Gasteiger partial charge in [0, 0.05) is 22.4 Å². The highest BCUT2D eigenvalue weighted by atomic mass is 15.1. The number of rotatable bonds is 4. The van der Waals surface area contributed by atoms with Crippen LogP contribution in [0, 0.1) is 0 Å². The lowest BCUT2D eigenvalue weighted by molar-refractivity contribution is 0.829. The van der Waals surface area contributed by atoms with Crippen molar-refractivity contribution in [2.75, 3.05) is 11.1 Å². The Kier molecular flexibility index (Phi) is 8.63. The normalized spacial score (nSPS) is 13.6. The van der Waals surface area contributed by atoms with Crippen molar-refractivity contribution in [3.8, 4) is 0 Å².